The lowest BCUT2D eigenvalue weighted by atomic mass is 9.94. The van der Waals surface area contributed by atoms with Gasteiger partial charge in [0.1, 0.15) is 11.6 Å². The molecular formula is C27H22F2N4O2. The zero-order chi connectivity index (χ0) is 24.5. The minimum absolute atomic E-state index is 0.00265. The summed E-state index contributed by atoms with van der Waals surface area (Å²) < 4.78 is 34.1. The van der Waals surface area contributed by atoms with Gasteiger partial charge in [0, 0.05) is 16.8 Å². The number of rotatable bonds is 5. The number of aryl methyl sites for hydroxylation is 1. The average Bonchev–Trinajstić information content (AvgIpc) is 3.32. The third kappa shape index (κ3) is 4.42. The third-order valence-corrected chi connectivity index (χ3v) is 6.03. The number of hydrogen-bond donors (Lipinski definition) is 1. The highest BCUT2D eigenvalue weighted by Crippen LogP contribution is 2.38. The van der Waals surface area contributed by atoms with Gasteiger partial charge in [-0.2, -0.15) is 4.98 Å². The summed E-state index contributed by atoms with van der Waals surface area (Å²) in [5.74, 6) is -0.281. The van der Waals surface area contributed by atoms with Crippen LogP contribution in [0.1, 0.15) is 35.5 Å². The van der Waals surface area contributed by atoms with E-state index in [0.29, 0.717) is 28.2 Å². The summed E-state index contributed by atoms with van der Waals surface area (Å²) in [6.07, 6.45) is 0. The van der Waals surface area contributed by atoms with Crippen molar-refractivity contribution in [1.82, 2.24) is 20.4 Å². The third-order valence-electron chi connectivity index (χ3n) is 6.03. The molecule has 0 bridgehead atoms. The number of nitrogens with one attached hydrogen (secondary N) is 1. The van der Waals surface area contributed by atoms with E-state index < -0.39 is 23.7 Å². The highest BCUT2D eigenvalue weighted by atomic mass is 19.1. The zero-order valence-corrected chi connectivity index (χ0v) is 19.1. The molecule has 1 N–H and O–H groups in total. The fourth-order valence-corrected chi connectivity index (χ4v) is 4.13. The van der Waals surface area contributed by atoms with Crippen molar-refractivity contribution in [3.8, 4) is 11.4 Å². The predicted octanol–water partition coefficient (Wildman–Crippen LogP) is 6.02. The van der Waals surface area contributed by atoms with Crippen LogP contribution in [0.25, 0.3) is 17.0 Å². The summed E-state index contributed by atoms with van der Waals surface area (Å²) in [6.45, 7) is 3.72. The van der Waals surface area contributed by atoms with Crippen molar-refractivity contribution in [2.45, 2.75) is 26.4 Å². The van der Waals surface area contributed by atoms with Gasteiger partial charge in [-0.05, 0) is 37.6 Å². The lowest BCUT2D eigenvalue weighted by molar-refractivity contribution is 0.202. The normalized spacial score (nSPS) is 15.9. The molecule has 1 aliphatic rings. The Kier molecular flexibility index (Phi) is 5.86. The van der Waals surface area contributed by atoms with Gasteiger partial charge in [-0.3, -0.25) is 4.90 Å². The summed E-state index contributed by atoms with van der Waals surface area (Å²) in [6, 6.07) is 18.7. The van der Waals surface area contributed by atoms with Crippen LogP contribution < -0.4 is 5.32 Å². The van der Waals surface area contributed by atoms with Crippen molar-refractivity contribution in [3.63, 3.8) is 0 Å². The minimum Gasteiger partial charge on any atom is -0.334 e. The molecule has 1 atom stereocenters. The van der Waals surface area contributed by atoms with E-state index in [1.807, 2.05) is 31.2 Å². The molecule has 4 aromatic rings. The van der Waals surface area contributed by atoms with E-state index in [1.165, 1.54) is 23.1 Å². The second-order valence-corrected chi connectivity index (χ2v) is 8.40. The van der Waals surface area contributed by atoms with Crippen LogP contribution in [0.4, 0.5) is 13.6 Å². The van der Waals surface area contributed by atoms with Gasteiger partial charge in [0.05, 0.1) is 18.2 Å². The van der Waals surface area contributed by atoms with Crippen LogP contribution in [0.2, 0.25) is 0 Å². The molecule has 0 saturated carbocycles. The lowest BCUT2D eigenvalue weighted by Crippen LogP contribution is -2.45. The molecule has 8 heteroatoms. The molecule has 0 aliphatic carbocycles. The maximum Gasteiger partial charge on any atom is 0.322 e. The zero-order valence-electron chi connectivity index (χ0n) is 19.1. The van der Waals surface area contributed by atoms with Crippen molar-refractivity contribution in [3.05, 3.63) is 113 Å². The molecule has 3 aromatic carbocycles. The summed E-state index contributed by atoms with van der Waals surface area (Å²) in [5, 5.41) is 7.03. The monoisotopic (exact) mass is 472 g/mol. The number of nitrogens with zero attached hydrogens (tertiary/aromatic N) is 3. The molecule has 6 nitrogen and oxygen atoms in total. The van der Waals surface area contributed by atoms with E-state index in [0.717, 1.165) is 11.1 Å². The number of aromatic nitrogens is 2. The summed E-state index contributed by atoms with van der Waals surface area (Å²) in [5.41, 5.74) is 3.77. The Labute approximate surface area is 200 Å². The number of halogens is 2. The topological polar surface area (TPSA) is 71.3 Å². The highest BCUT2D eigenvalue weighted by Gasteiger charge is 2.36. The molecule has 176 valence electrons. The summed E-state index contributed by atoms with van der Waals surface area (Å²) in [7, 11) is 0. The maximum atomic E-state index is 14.4. The predicted molar refractivity (Wildman–Crippen MR) is 127 cm³/mol. The van der Waals surface area contributed by atoms with Gasteiger partial charge < -0.3 is 9.84 Å². The fourth-order valence-electron chi connectivity index (χ4n) is 4.13. The molecule has 1 unspecified atom stereocenters. The number of urea groups is 1. The molecule has 5 rings (SSSR count). The molecule has 0 radical (unpaired) electrons. The number of hydrogen-bond acceptors (Lipinski definition) is 4. The van der Waals surface area contributed by atoms with Crippen molar-refractivity contribution in [2.75, 3.05) is 0 Å². The molecule has 0 saturated heterocycles. The molecule has 2 heterocycles. The Morgan fingerprint density at radius 1 is 1.00 bits per heavy atom. The Morgan fingerprint density at radius 2 is 1.77 bits per heavy atom. The maximum absolute atomic E-state index is 14.4. The van der Waals surface area contributed by atoms with Crippen LogP contribution in [0, 0.1) is 18.6 Å². The van der Waals surface area contributed by atoms with Crippen molar-refractivity contribution < 1.29 is 18.1 Å². The largest absolute Gasteiger partial charge is 0.334 e. The lowest BCUT2D eigenvalue weighted by Gasteiger charge is -2.35. The number of benzene rings is 3. The van der Waals surface area contributed by atoms with E-state index >= 15 is 0 Å². The van der Waals surface area contributed by atoms with Gasteiger partial charge in [-0.1, -0.05) is 65.3 Å². The van der Waals surface area contributed by atoms with E-state index in [9.17, 15) is 13.6 Å². The first-order valence-electron chi connectivity index (χ1n) is 11.1. The standard InChI is InChI=1S/C27H22F2N4O2/c1-16-10-12-18(13-11-16)25-31-26(35-32-25)23-17(2)33(15-20-6-3-4-9-22(20)29)27(34)30-24(23)19-7-5-8-21(28)14-19/h3-14,24H,15H2,1-2H3,(H,30,34). The summed E-state index contributed by atoms with van der Waals surface area (Å²) in [4.78, 5) is 19.1. The Hall–Kier alpha value is -4.33. The van der Waals surface area contributed by atoms with Crippen LogP contribution in [-0.2, 0) is 6.54 Å². The second kappa shape index (κ2) is 9.13. The van der Waals surface area contributed by atoms with Gasteiger partial charge in [-0.15, -0.1) is 0 Å². The van der Waals surface area contributed by atoms with Gasteiger partial charge in [0.15, 0.2) is 0 Å². The fraction of sp³-hybridized carbons (Fsp3) is 0.148. The SMILES string of the molecule is CC1=C(c2nc(-c3ccc(C)cc3)no2)C(c2cccc(F)c2)NC(=O)N1Cc1ccccc1F. The van der Waals surface area contributed by atoms with Crippen molar-refractivity contribution >= 4 is 11.6 Å². The first-order chi connectivity index (χ1) is 16.9. The smallest absolute Gasteiger partial charge is 0.322 e. The van der Waals surface area contributed by atoms with Crippen LogP contribution in [-0.4, -0.2) is 21.1 Å². The van der Waals surface area contributed by atoms with Gasteiger partial charge in [0.25, 0.3) is 5.89 Å². The average molecular weight is 472 g/mol. The highest BCUT2D eigenvalue weighted by molar-refractivity contribution is 5.86. The first-order valence-corrected chi connectivity index (χ1v) is 11.1. The number of carbonyl (C=O) groups excluding carboxylic acids is 1. The molecule has 35 heavy (non-hydrogen) atoms. The Morgan fingerprint density at radius 3 is 2.51 bits per heavy atom. The quantitative estimate of drug-likeness (QED) is 0.386. The van der Waals surface area contributed by atoms with E-state index in [-0.39, 0.29) is 12.4 Å². The van der Waals surface area contributed by atoms with Crippen molar-refractivity contribution in [1.29, 1.82) is 0 Å². The second-order valence-electron chi connectivity index (χ2n) is 8.40. The summed E-state index contributed by atoms with van der Waals surface area (Å²) >= 11 is 0. The Bertz CT molecular complexity index is 1430. The molecule has 2 amide bonds. The van der Waals surface area contributed by atoms with Crippen LogP contribution >= 0.6 is 0 Å². The molecule has 0 fully saturated rings. The van der Waals surface area contributed by atoms with E-state index in [2.05, 4.69) is 15.5 Å². The molecule has 0 spiro atoms. The molecular weight excluding hydrogens is 450 g/mol. The first kappa shape index (κ1) is 22.5. The molecule has 1 aliphatic heterocycles. The number of allylic oxidation sites excluding steroid dienone is 1. The van der Waals surface area contributed by atoms with Crippen LogP contribution in [0.15, 0.2) is 83.0 Å². The number of carbonyl (C=O) groups is 1. The number of amides is 2. The Balaban J connectivity index is 1.61. The van der Waals surface area contributed by atoms with E-state index in [4.69, 9.17) is 4.52 Å². The minimum atomic E-state index is -0.735. The van der Waals surface area contributed by atoms with Gasteiger partial charge >= 0.3 is 6.03 Å². The van der Waals surface area contributed by atoms with Gasteiger partial charge in [0.2, 0.25) is 5.82 Å². The van der Waals surface area contributed by atoms with Crippen LogP contribution in [0.5, 0.6) is 0 Å². The van der Waals surface area contributed by atoms with Crippen LogP contribution in [0.3, 0.4) is 0 Å². The molecule has 1 aromatic heterocycles. The van der Waals surface area contributed by atoms with Gasteiger partial charge in [-0.25, -0.2) is 13.6 Å². The van der Waals surface area contributed by atoms with E-state index in [1.54, 1.807) is 37.3 Å². The van der Waals surface area contributed by atoms with Crippen molar-refractivity contribution in [2.24, 2.45) is 0 Å².